The van der Waals surface area contributed by atoms with Crippen LogP contribution in [0.2, 0.25) is 0 Å². The summed E-state index contributed by atoms with van der Waals surface area (Å²) in [5, 5.41) is 8.90. The summed E-state index contributed by atoms with van der Waals surface area (Å²) in [4.78, 5) is 16.0. The number of esters is 1. The Morgan fingerprint density at radius 1 is 1.53 bits per heavy atom. The molecular formula is C12H18O5. The van der Waals surface area contributed by atoms with Crippen LogP contribution in [-0.4, -0.2) is 17.8 Å². The number of carbonyl (C=O) groups excluding carboxylic acids is 1. The molecule has 1 aromatic rings. The van der Waals surface area contributed by atoms with Crippen molar-refractivity contribution in [1.82, 2.24) is 0 Å². The average Bonchev–Trinajstić information content (AvgIpc) is 2.71. The van der Waals surface area contributed by atoms with Gasteiger partial charge in [0.1, 0.15) is 17.1 Å². The molecule has 1 atom stereocenters. The van der Waals surface area contributed by atoms with E-state index in [0.29, 0.717) is 30.1 Å². The van der Waals surface area contributed by atoms with E-state index >= 15 is 0 Å². The molecule has 1 heterocycles. The van der Waals surface area contributed by atoms with Crippen molar-refractivity contribution < 1.29 is 24.1 Å². The molecule has 5 nitrogen and oxygen atoms in total. The predicted octanol–water partition coefficient (Wildman–Crippen LogP) is 2.88. The molecule has 0 spiro atoms. The van der Waals surface area contributed by atoms with Gasteiger partial charge in [-0.15, -0.1) is 0 Å². The third kappa shape index (κ3) is 2.68. The summed E-state index contributed by atoms with van der Waals surface area (Å²) in [5.41, 5.74) is -0.589. The van der Waals surface area contributed by atoms with Gasteiger partial charge in [0.25, 0.3) is 0 Å². The molecule has 1 N–H and O–H groups in total. The SMILES string of the molecule is CCOC(=O)c1cc(C(C)(CC)OO)oc1C. The molecule has 0 saturated carbocycles. The highest BCUT2D eigenvalue weighted by Crippen LogP contribution is 2.31. The van der Waals surface area contributed by atoms with Gasteiger partial charge < -0.3 is 9.15 Å². The Labute approximate surface area is 100 Å². The lowest BCUT2D eigenvalue weighted by Crippen LogP contribution is -2.22. The average molecular weight is 242 g/mol. The Morgan fingerprint density at radius 3 is 2.65 bits per heavy atom. The highest BCUT2D eigenvalue weighted by atomic mass is 17.1. The maximum absolute atomic E-state index is 11.6. The van der Waals surface area contributed by atoms with Gasteiger partial charge in [0.15, 0.2) is 5.60 Å². The second kappa shape index (κ2) is 5.33. The molecule has 0 aromatic carbocycles. The van der Waals surface area contributed by atoms with E-state index in [9.17, 15) is 4.79 Å². The molecule has 1 aromatic heterocycles. The smallest absolute Gasteiger partial charge is 0.341 e. The van der Waals surface area contributed by atoms with E-state index in [1.165, 1.54) is 0 Å². The van der Waals surface area contributed by atoms with Crippen LogP contribution in [0.3, 0.4) is 0 Å². The molecule has 0 aliphatic rings. The van der Waals surface area contributed by atoms with Crippen molar-refractivity contribution in [2.75, 3.05) is 6.61 Å². The van der Waals surface area contributed by atoms with Gasteiger partial charge in [0.2, 0.25) is 0 Å². The van der Waals surface area contributed by atoms with Crippen molar-refractivity contribution in [1.29, 1.82) is 0 Å². The summed E-state index contributed by atoms with van der Waals surface area (Å²) in [6, 6.07) is 1.55. The lowest BCUT2D eigenvalue weighted by atomic mass is 10.00. The van der Waals surface area contributed by atoms with Gasteiger partial charge in [0, 0.05) is 0 Å². The number of rotatable bonds is 5. The third-order valence-electron chi connectivity index (χ3n) is 2.81. The van der Waals surface area contributed by atoms with E-state index in [1.807, 2.05) is 6.92 Å². The summed E-state index contributed by atoms with van der Waals surface area (Å²) in [5.74, 6) is 0.426. The van der Waals surface area contributed by atoms with E-state index in [4.69, 9.17) is 14.4 Å². The number of hydrogen-bond acceptors (Lipinski definition) is 5. The van der Waals surface area contributed by atoms with E-state index in [2.05, 4.69) is 4.89 Å². The fourth-order valence-electron chi connectivity index (χ4n) is 1.44. The zero-order valence-corrected chi connectivity index (χ0v) is 10.6. The van der Waals surface area contributed by atoms with Crippen molar-refractivity contribution in [3.8, 4) is 0 Å². The number of furan rings is 1. The molecule has 0 fully saturated rings. The van der Waals surface area contributed by atoms with Crippen LogP contribution >= 0.6 is 0 Å². The first kappa shape index (κ1) is 13.7. The van der Waals surface area contributed by atoms with Gasteiger partial charge in [-0.1, -0.05) is 6.92 Å². The minimum atomic E-state index is -0.949. The Balaban J connectivity index is 3.07. The molecule has 0 radical (unpaired) electrons. The summed E-state index contributed by atoms with van der Waals surface area (Å²) in [6.07, 6.45) is 0.513. The first-order valence-corrected chi connectivity index (χ1v) is 5.59. The molecule has 1 rings (SSSR count). The fraction of sp³-hybridized carbons (Fsp3) is 0.583. The van der Waals surface area contributed by atoms with Crippen LogP contribution in [-0.2, 0) is 15.2 Å². The van der Waals surface area contributed by atoms with E-state index in [0.717, 1.165) is 0 Å². The maximum Gasteiger partial charge on any atom is 0.341 e. The first-order chi connectivity index (χ1) is 7.98. The minimum Gasteiger partial charge on any atom is -0.462 e. The van der Waals surface area contributed by atoms with Crippen LogP contribution in [0.25, 0.3) is 0 Å². The molecule has 5 heteroatoms. The molecule has 0 amide bonds. The van der Waals surface area contributed by atoms with Crippen molar-refractivity contribution in [2.45, 2.75) is 39.7 Å². The predicted molar refractivity (Wildman–Crippen MR) is 60.8 cm³/mol. The summed E-state index contributed by atoms with van der Waals surface area (Å²) in [7, 11) is 0. The Kier molecular flexibility index (Phi) is 4.31. The Bertz CT molecular complexity index is 390. The molecule has 0 aliphatic heterocycles. The summed E-state index contributed by atoms with van der Waals surface area (Å²) >= 11 is 0. The van der Waals surface area contributed by atoms with E-state index < -0.39 is 11.6 Å². The van der Waals surface area contributed by atoms with E-state index in [1.54, 1.807) is 26.8 Å². The largest absolute Gasteiger partial charge is 0.462 e. The Hall–Kier alpha value is -1.33. The first-order valence-electron chi connectivity index (χ1n) is 5.59. The summed E-state index contributed by atoms with van der Waals surface area (Å²) in [6.45, 7) is 7.24. The van der Waals surface area contributed by atoms with Gasteiger partial charge in [0.05, 0.1) is 6.61 Å². The van der Waals surface area contributed by atoms with Crippen LogP contribution in [0.5, 0.6) is 0 Å². The van der Waals surface area contributed by atoms with Crippen molar-refractivity contribution in [2.24, 2.45) is 0 Å². The van der Waals surface area contributed by atoms with Crippen LogP contribution in [0.1, 0.15) is 49.1 Å². The highest BCUT2D eigenvalue weighted by molar-refractivity contribution is 5.90. The van der Waals surface area contributed by atoms with Crippen LogP contribution in [0.15, 0.2) is 10.5 Å². The second-order valence-corrected chi connectivity index (χ2v) is 3.98. The van der Waals surface area contributed by atoms with Crippen molar-refractivity contribution >= 4 is 5.97 Å². The highest BCUT2D eigenvalue weighted by Gasteiger charge is 2.32. The zero-order valence-electron chi connectivity index (χ0n) is 10.6. The molecule has 0 aliphatic carbocycles. The lowest BCUT2D eigenvalue weighted by molar-refractivity contribution is -0.329. The van der Waals surface area contributed by atoms with Gasteiger partial charge >= 0.3 is 5.97 Å². The molecule has 17 heavy (non-hydrogen) atoms. The van der Waals surface area contributed by atoms with Crippen molar-refractivity contribution in [3.63, 3.8) is 0 Å². The van der Waals surface area contributed by atoms with Gasteiger partial charge in [-0.2, -0.15) is 0 Å². The number of aryl methyl sites for hydroxylation is 1. The topological polar surface area (TPSA) is 68.9 Å². The molecule has 0 bridgehead atoms. The standard InChI is InChI=1S/C12H18O5/c1-5-12(4,17-14)10-7-9(8(3)16-10)11(13)15-6-2/h7,14H,5-6H2,1-4H3. The number of carbonyl (C=O) groups is 1. The van der Waals surface area contributed by atoms with Crippen LogP contribution < -0.4 is 0 Å². The van der Waals surface area contributed by atoms with Gasteiger partial charge in [-0.05, 0) is 33.3 Å². The number of ether oxygens (including phenoxy) is 1. The second-order valence-electron chi connectivity index (χ2n) is 3.98. The molecule has 1 unspecified atom stereocenters. The quantitative estimate of drug-likeness (QED) is 0.488. The third-order valence-corrected chi connectivity index (χ3v) is 2.81. The van der Waals surface area contributed by atoms with Crippen molar-refractivity contribution in [3.05, 3.63) is 23.2 Å². The normalized spacial score (nSPS) is 14.4. The minimum absolute atomic E-state index is 0.306. The van der Waals surface area contributed by atoms with Crippen LogP contribution in [0, 0.1) is 6.92 Å². The summed E-state index contributed by atoms with van der Waals surface area (Å²) < 4.78 is 10.3. The molecule has 96 valence electrons. The monoisotopic (exact) mass is 242 g/mol. The van der Waals surface area contributed by atoms with Gasteiger partial charge in [-0.3, -0.25) is 5.26 Å². The maximum atomic E-state index is 11.6. The Morgan fingerprint density at radius 2 is 2.18 bits per heavy atom. The van der Waals surface area contributed by atoms with Gasteiger partial charge in [-0.25, -0.2) is 9.68 Å². The van der Waals surface area contributed by atoms with Crippen LogP contribution in [0.4, 0.5) is 0 Å². The molecule has 0 saturated heterocycles. The number of hydrogen-bond donors (Lipinski definition) is 1. The molecular weight excluding hydrogens is 224 g/mol. The lowest BCUT2D eigenvalue weighted by Gasteiger charge is -2.20. The fourth-order valence-corrected chi connectivity index (χ4v) is 1.44. The zero-order chi connectivity index (χ0) is 13.1. The van der Waals surface area contributed by atoms with E-state index in [-0.39, 0.29) is 0 Å².